The molecule has 0 bridgehead atoms. The number of hydrogen-bond acceptors (Lipinski definition) is 3. The third-order valence-electron chi connectivity index (χ3n) is 2.71. The van der Waals surface area contributed by atoms with Crippen LogP contribution in [0.25, 0.3) is 0 Å². The molecule has 0 atom stereocenters. The van der Waals surface area contributed by atoms with Crippen molar-refractivity contribution >= 4 is 27.0 Å². The Labute approximate surface area is 112 Å². The van der Waals surface area contributed by atoms with Crippen molar-refractivity contribution in [3.05, 3.63) is 46.8 Å². The van der Waals surface area contributed by atoms with E-state index in [9.17, 15) is 8.42 Å². The van der Waals surface area contributed by atoms with Crippen LogP contribution in [0.5, 0.6) is 0 Å². The molecule has 3 nitrogen and oxygen atoms in total. The molecule has 2 aromatic rings. The molecule has 5 heteroatoms. The van der Waals surface area contributed by atoms with Crippen molar-refractivity contribution < 1.29 is 8.42 Å². The zero-order chi connectivity index (χ0) is 13.2. The zero-order valence-corrected chi connectivity index (χ0v) is 11.9. The second-order valence-corrected chi connectivity index (χ2v) is 6.90. The first kappa shape index (κ1) is 13.1. The minimum atomic E-state index is -3.45. The Morgan fingerprint density at radius 2 is 2.06 bits per heavy atom. The summed E-state index contributed by atoms with van der Waals surface area (Å²) < 4.78 is 27.2. The van der Waals surface area contributed by atoms with Crippen LogP contribution in [0, 0.1) is 6.92 Å². The highest BCUT2D eigenvalue weighted by molar-refractivity contribution is 7.94. The topological polar surface area (TPSA) is 46.2 Å². The van der Waals surface area contributed by atoms with Gasteiger partial charge >= 0.3 is 0 Å². The molecular weight excluding hydrogens is 266 g/mol. The van der Waals surface area contributed by atoms with Gasteiger partial charge in [-0.05, 0) is 42.0 Å². The van der Waals surface area contributed by atoms with E-state index in [1.807, 2.05) is 32.0 Å². The van der Waals surface area contributed by atoms with Gasteiger partial charge in [-0.2, -0.15) is 0 Å². The standard InChI is InChI=1S/C13H15NO2S2/c1-3-11-7-6-10(2)12(9-11)14-18(15,16)13-5-4-8-17-13/h4-9,14H,3H2,1-2H3. The van der Waals surface area contributed by atoms with Gasteiger partial charge in [0, 0.05) is 0 Å². The average molecular weight is 281 g/mol. The number of hydrogen-bond donors (Lipinski definition) is 1. The number of aryl methyl sites for hydroxylation is 2. The van der Waals surface area contributed by atoms with E-state index < -0.39 is 10.0 Å². The second-order valence-electron chi connectivity index (χ2n) is 4.04. The van der Waals surface area contributed by atoms with Gasteiger partial charge in [-0.25, -0.2) is 8.42 Å². The molecule has 0 saturated carbocycles. The molecular formula is C13H15NO2S2. The van der Waals surface area contributed by atoms with E-state index in [1.54, 1.807) is 17.5 Å². The van der Waals surface area contributed by atoms with Crippen molar-refractivity contribution in [3.8, 4) is 0 Å². The third kappa shape index (κ3) is 2.73. The van der Waals surface area contributed by atoms with Crippen LogP contribution in [-0.4, -0.2) is 8.42 Å². The van der Waals surface area contributed by atoms with E-state index in [1.165, 1.54) is 11.3 Å². The van der Waals surface area contributed by atoms with Gasteiger partial charge < -0.3 is 0 Å². The normalized spacial score (nSPS) is 11.4. The lowest BCUT2D eigenvalue weighted by Crippen LogP contribution is -2.12. The Kier molecular flexibility index (Phi) is 3.73. The Balaban J connectivity index is 2.35. The van der Waals surface area contributed by atoms with Crippen LogP contribution < -0.4 is 4.72 Å². The van der Waals surface area contributed by atoms with Crippen molar-refractivity contribution in [2.24, 2.45) is 0 Å². The minimum Gasteiger partial charge on any atom is -0.279 e. The van der Waals surface area contributed by atoms with Gasteiger partial charge in [0.1, 0.15) is 4.21 Å². The van der Waals surface area contributed by atoms with Gasteiger partial charge in [0.15, 0.2) is 0 Å². The molecule has 0 unspecified atom stereocenters. The van der Waals surface area contributed by atoms with Crippen LogP contribution in [0.4, 0.5) is 5.69 Å². The number of sulfonamides is 1. The summed E-state index contributed by atoms with van der Waals surface area (Å²) in [6.07, 6.45) is 0.883. The maximum Gasteiger partial charge on any atom is 0.271 e. The summed E-state index contributed by atoms with van der Waals surface area (Å²) in [5.41, 5.74) is 2.69. The minimum absolute atomic E-state index is 0.337. The Hall–Kier alpha value is -1.33. The molecule has 1 heterocycles. The van der Waals surface area contributed by atoms with Crippen LogP contribution in [0.3, 0.4) is 0 Å². The molecule has 0 aliphatic carbocycles. The molecule has 1 aromatic carbocycles. The molecule has 0 amide bonds. The van der Waals surface area contributed by atoms with Crippen LogP contribution >= 0.6 is 11.3 Å². The predicted molar refractivity (Wildman–Crippen MR) is 75.7 cm³/mol. The summed E-state index contributed by atoms with van der Waals surface area (Å²) in [7, 11) is -3.45. The van der Waals surface area contributed by atoms with E-state index in [2.05, 4.69) is 4.72 Å². The lowest BCUT2D eigenvalue weighted by molar-refractivity contribution is 0.603. The van der Waals surface area contributed by atoms with Crippen molar-refractivity contribution in [2.45, 2.75) is 24.5 Å². The highest BCUT2D eigenvalue weighted by Gasteiger charge is 2.16. The maximum atomic E-state index is 12.1. The molecule has 0 aliphatic heterocycles. The molecule has 18 heavy (non-hydrogen) atoms. The molecule has 0 spiro atoms. The summed E-state index contributed by atoms with van der Waals surface area (Å²) in [6, 6.07) is 9.17. The van der Waals surface area contributed by atoms with Crippen LogP contribution in [0.1, 0.15) is 18.1 Å². The van der Waals surface area contributed by atoms with Crippen LogP contribution in [0.15, 0.2) is 39.9 Å². The fraction of sp³-hybridized carbons (Fsp3) is 0.231. The average Bonchev–Trinajstić information content (AvgIpc) is 2.86. The van der Waals surface area contributed by atoms with Gasteiger partial charge in [0.05, 0.1) is 5.69 Å². The summed E-state index contributed by atoms with van der Waals surface area (Å²) in [5, 5.41) is 1.75. The van der Waals surface area contributed by atoms with Crippen LogP contribution in [0.2, 0.25) is 0 Å². The molecule has 2 rings (SSSR count). The molecule has 0 radical (unpaired) electrons. The molecule has 1 N–H and O–H groups in total. The monoisotopic (exact) mass is 281 g/mol. The third-order valence-corrected chi connectivity index (χ3v) is 5.48. The Bertz CT molecular complexity index is 631. The van der Waals surface area contributed by atoms with Crippen LogP contribution in [-0.2, 0) is 16.4 Å². The summed E-state index contributed by atoms with van der Waals surface area (Å²) >= 11 is 1.21. The summed E-state index contributed by atoms with van der Waals surface area (Å²) in [6.45, 7) is 3.94. The maximum absolute atomic E-state index is 12.1. The Morgan fingerprint density at radius 1 is 1.28 bits per heavy atom. The van der Waals surface area contributed by atoms with Gasteiger partial charge in [-0.15, -0.1) is 11.3 Å². The molecule has 1 aromatic heterocycles. The summed E-state index contributed by atoms with van der Waals surface area (Å²) in [5.74, 6) is 0. The quantitative estimate of drug-likeness (QED) is 0.933. The first-order chi connectivity index (χ1) is 8.53. The highest BCUT2D eigenvalue weighted by atomic mass is 32.2. The van der Waals surface area contributed by atoms with Gasteiger partial charge in [0.2, 0.25) is 0 Å². The number of thiophene rings is 1. The predicted octanol–water partition coefficient (Wildman–Crippen LogP) is 3.42. The second kappa shape index (κ2) is 5.12. The van der Waals surface area contributed by atoms with Crippen molar-refractivity contribution in [2.75, 3.05) is 4.72 Å². The summed E-state index contributed by atoms with van der Waals surface area (Å²) in [4.78, 5) is 0. The first-order valence-electron chi connectivity index (χ1n) is 5.69. The van der Waals surface area contributed by atoms with E-state index in [0.29, 0.717) is 9.90 Å². The van der Waals surface area contributed by atoms with E-state index in [0.717, 1.165) is 17.5 Å². The van der Waals surface area contributed by atoms with Crippen molar-refractivity contribution in [1.82, 2.24) is 0 Å². The molecule has 0 fully saturated rings. The van der Waals surface area contributed by atoms with Crippen molar-refractivity contribution in [3.63, 3.8) is 0 Å². The van der Waals surface area contributed by atoms with E-state index in [4.69, 9.17) is 0 Å². The molecule has 0 aliphatic rings. The fourth-order valence-corrected chi connectivity index (χ4v) is 3.72. The number of benzene rings is 1. The number of nitrogens with one attached hydrogen (secondary N) is 1. The zero-order valence-electron chi connectivity index (χ0n) is 10.3. The largest absolute Gasteiger partial charge is 0.279 e. The number of anilines is 1. The highest BCUT2D eigenvalue weighted by Crippen LogP contribution is 2.23. The van der Waals surface area contributed by atoms with Gasteiger partial charge in [-0.1, -0.05) is 25.1 Å². The smallest absolute Gasteiger partial charge is 0.271 e. The Morgan fingerprint density at radius 3 is 2.67 bits per heavy atom. The van der Waals surface area contributed by atoms with Gasteiger partial charge in [-0.3, -0.25) is 4.72 Å². The molecule has 0 saturated heterocycles. The van der Waals surface area contributed by atoms with E-state index in [-0.39, 0.29) is 0 Å². The lowest BCUT2D eigenvalue weighted by Gasteiger charge is -2.10. The lowest BCUT2D eigenvalue weighted by atomic mass is 10.1. The van der Waals surface area contributed by atoms with E-state index >= 15 is 0 Å². The fourth-order valence-electron chi connectivity index (χ4n) is 1.61. The SMILES string of the molecule is CCc1ccc(C)c(NS(=O)(=O)c2cccs2)c1. The molecule has 96 valence electrons. The van der Waals surface area contributed by atoms with Gasteiger partial charge in [0.25, 0.3) is 10.0 Å². The first-order valence-corrected chi connectivity index (χ1v) is 8.05. The van der Waals surface area contributed by atoms with Crippen molar-refractivity contribution in [1.29, 1.82) is 0 Å². The number of rotatable bonds is 4.